The second-order valence-electron chi connectivity index (χ2n) is 6.02. The van der Waals surface area contributed by atoms with E-state index in [1.165, 1.54) is 11.4 Å². The summed E-state index contributed by atoms with van der Waals surface area (Å²) in [6, 6.07) is 1.16. The number of carboxylic acid groups (broad SMARTS) is 1. The highest BCUT2D eigenvalue weighted by molar-refractivity contribution is 7.91. The molecule has 1 aliphatic rings. The number of thiophene rings is 1. The van der Waals surface area contributed by atoms with Gasteiger partial charge in [0, 0.05) is 11.4 Å². The number of carboxylic acids is 1. The quantitative estimate of drug-likeness (QED) is 0.894. The summed E-state index contributed by atoms with van der Waals surface area (Å²) in [5, 5.41) is 10.2. The lowest BCUT2D eigenvalue weighted by atomic mass is 9.76. The topological polar surface area (TPSA) is 83.5 Å². The molecule has 20 heavy (non-hydrogen) atoms. The summed E-state index contributed by atoms with van der Waals surface area (Å²) in [6.45, 7) is 4.38. The molecule has 0 aromatic carbocycles. The molecule has 1 heterocycles. The molecule has 112 valence electrons. The van der Waals surface area contributed by atoms with Gasteiger partial charge < -0.3 is 5.11 Å². The van der Waals surface area contributed by atoms with Crippen LogP contribution in [0, 0.1) is 5.41 Å². The first kappa shape index (κ1) is 15.5. The first-order chi connectivity index (χ1) is 9.20. The van der Waals surface area contributed by atoms with Crippen LogP contribution in [0.5, 0.6) is 0 Å². The summed E-state index contributed by atoms with van der Waals surface area (Å²) in [5.41, 5.74) is 0.293. The minimum atomic E-state index is -3.60. The van der Waals surface area contributed by atoms with Gasteiger partial charge in [-0.3, -0.25) is 0 Å². The molecule has 0 atom stereocenters. The fourth-order valence-corrected chi connectivity index (χ4v) is 4.84. The average Bonchev–Trinajstić information content (AvgIpc) is 2.82. The molecule has 0 bridgehead atoms. The number of carbonyl (C=O) groups is 1. The van der Waals surface area contributed by atoms with Crippen LogP contribution in [0.1, 0.15) is 49.9 Å². The van der Waals surface area contributed by atoms with Gasteiger partial charge in [0.25, 0.3) is 0 Å². The molecule has 1 aromatic heterocycles. The van der Waals surface area contributed by atoms with E-state index in [4.69, 9.17) is 5.11 Å². The fraction of sp³-hybridized carbons (Fsp3) is 0.615. The van der Waals surface area contributed by atoms with Gasteiger partial charge in [-0.1, -0.05) is 13.8 Å². The SMILES string of the molecule is CC1(C)CCC(NS(=O)(=O)c2cc(C(=O)O)cs2)CC1. The molecule has 7 heteroatoms. The lowest BCUT2D eigenvalue weighted by molar-refractivity contribution is 0.0697. The van der Waals surface area contributed by atoms with Crippen molar-refractivity contribution in [2.75, 3.05) is 0 Å². The molecule has 0 amide bonds. The van der Waals surface area contributed by atoms with Crippen molar-refractivity contribution in [3.8, 4) is 0 Å². The van der Waals surface area contributed by atoms with Gasteiger partial charge in [-0.2, -0.15) is 0 Å². The largest absolute Gasteiger partial charge is 0.478 e. The Morgan fingerprint density at radius 2 is 2.00 bits per heavy atom. The van der Waals surface area contributed by atoms with Crippen LogP contribution >= 0.6 is 11.3 Å². The van der Waals surface area contributed by atoms with Crippen molar-refractivity contribution in [2.24, 2.45) is 5.41 Å². The minimum absolute atomic E-state index is 0.0140. The van der Waals surface area contributed by atoms with Crippen LogP contribution in [-0.4, -0.2) is 25.5 Å². The highest BCUT2D eigenvalue weighted by Gasteiger charge is 2.30. The van der Waals surface area contributed by atoms with E-state index >= 15 is 0 Å². The summed E-state index contributed by atoms with van der Waals surface area (Å²) >= 11 is 0.942. The molecule has 0 radical (unpaired) electrons. The van der Waals surface area contributed by atoms with E-state index in [1.807, 2.05) is 0 Å². The maximum Gasteiger partial charge on any atom is 0.336 e. The number of sulfonamides is 1. The van der Waals surface area contributed by atoms with E-state index in [0.717, 1.165) is 37.0 Å². The van der Waals surface area contributed by atoms with Crippen molar-refractivity contribution < 1.29 is 18.3 Å². The molecule has 1 aliphatic carbocycles. The monoisotopic (exact) mass is 317 g/mol. The Labute approximate surface area is 123 Å². The summed E-state index contributed by atoms with van der Waals surface area (Å²) < 4.78 is 27.2. The van der Waals surface area contributed by atoms with Gasteiger partial charge in [-0.15, -0.1) is 11.3 Å². The van der Waals surface area contributed by atoms with E-state index in [2.05, 4.69) is 18.6 Å². The Bertz CT molecular complexity index is 594. The Morgan fingerprint density at radius 1 is 1.40 bits per heavy atom. The van der Waals surface area contributed by atoms with Crippen LogP contribution in [0.4, 0.5) is 0 Å². The van der Waals surface area contributed by atoms with E-state index < -0.39 is 16.0 Å². The molecule has 1 fully saturated rings. The third kappa shape index (κ3) is 3.59. The van der Waals surface area contributed by atoms with Crippen molar-refractivity contribution in [1.29, 1.82) is 0 Å². The number of hydrogen-bond donors (Lipinski definition) is 2. The highest BCUT2D eigenvalue weighted by Crippen LogP contribution is 2.35. The number of hydrogen-bond acceptors (Lipinski definition) is 4. The maximum atomic E-state index is 12.2. The molecular weight excluding hydrogens is 298 g/mol. The summed E-state index contributed by atoms with van der Waals surface area (Å²) in [6.07, 6.45) is 3.63. The molecular formula is C13H19NO4S2. The molecule has 0 saturated heterocycles. The van der Waals surface area contributed by atoms with Gasteiger partial charge in [0.1, 0.15) is 4.21 Å². The Morgan fingerprint density at radius 3 is 2.50 bits per heavy atom. The molecule has 0 aliphatic heterocycles. The predicted octanol–water partition coefficient (Wildman–Crippen LogP) is 2.69. The molecule has 2 N–H and O–H groups in total. The van der Waals surface area contributed by atoms with Crippen molar-refractivity contribution in [3.63, 3.8) is 0 Å². The second kappa shape index (κ2) is 5.46. The van der Waals surface area contributed by atoms with Crippen molar-refractivity contribution in [1.82, 2.24) is 4.72 Å². The van der Waals surface area contributed by atoms with Gasteiger partial charge >= 0.3 is 5.97 Å². The van der Waals surface area contributed by atoms with Crippen LogP contribution in [0.2, 0.25) is 0 Å². The number of nitrogens with one attached hydrogen (secondary N) is 1. The van der Waals surface area contributed by atoms with Crippen molar-refractivity contribution >= 4 is 27.3 Å². The molecule has 0 unspecified atom stereocenters. The summed E-state index contributed by atoms with van der Waals surface area (Å²) in [7, 11) is -3.60. The van der Waals surface area contributed by atoms with Gasteiger partial charge in [-0.05, 0) is 37.2 Å². The normalized spacial score (nSPS) is 19.9. The lowest BCUT2D eigenvalue weighted by Crippen LogP contribution is -2.38. The number of rotatable bonds is 4. The van der Waals surface area contributed by atoms with E-state index in [1.54, 1.807) is 0 Å². The van der Waals surface area contributed by atoms with Gasteiger partial charge in [-0.25, -0.2) is 17.9 Å². The Kier molecular flexibility index (Phi) is 4.22. The summed E-state index contributed by atoms with van der Waals surface area (Å²) in [5.74, 6) is -1.11. The van der Waals surface area contributed by atoms with Crippen molar-refractivity contribution in [2.45, 2.75) is 49.8 Å². The number of aromatic carboxylic acids is 1. The van der Waals surface area contributed by atoms with Crippen LogP contribution < -0.4 is 4.72 Å². The van der Waals surface area contributed by atoms with Gasteiger partial charge in [0.05, 0.1) is 5.56 Å². The van der Waals surface area contributed by atoms with E-state index in [0.29, 0.717) is 0 Å². The lowest BCUT2D eigenvalue weighted by Gasteiger charge is -2.34. The van der Waals surface area contributed by atoms with Gasteiger partial charge in [0.15, 0.2) is 0 Å². The zero-order valence-corrected chi connectivity index (χ0v) is 13.2. The molecule has 2 rings (SSSR count). The second-order valence-corrected chi connectivity index (χ2v) is 8.87. The molecule has 0 spiro atoms. The van der Waals surface area contributed by atoms with E-state index in [9.17, 15) is 13.2 Å². The van der Waals surface area contributed by atoms with Crippen molar-refractivity contribution in [3.05, 3.63) is 17.0 Å². The Balaban J connectivity index is 2.06. The standard InChI is InChI=1S/C13H19NO4S2/c1-13(2)5-3-10(4-6-13)14-20(17,18)11-7-9(8-19-11)12(15)16/h7-8,10,14H,3-6H2,1-2H3,(H,15,16). The first-order valence-electron chi connectivity index (χ1n) is 6.54. The first-order valence-corrected chi connectivity index (χ1v) is 8.90. The Hall–Kier alpha value is -0.920. The van der Waals surface area contributed by atoms with Gasteiger partial charge in [0.2, 0.25) is 10.0 Å². The van der Waals surface area contributed by atoms with Crippen LogP contribution in [0.3, 0.4) is 0 Å². The molecule has 5 nitrogen and oxygen atoms in total. The maximum absolute atomic E-state index is 12.2. The minimum Gasteiger partial charge on any atom is -0.478 e. The third-order valence-corrected chi connectivity index (χ3v) is 6.71. The molecule has 1 saturated carbocycles. The third-order valence-electron chi connectivity index (χ3n) is 3.75. The highest BCUT2D eigenvalue weighted by atomic mass is 32.2. The zero-order chi connectivity index (χ0) is 15.0. The van der Waals surface area contributed by atoms with E-state index in [-0.39, 0.29) is 21.2 Å². The summed E-state index contributed by atoms with van der Waals surface area (Å²) in [4.78, 5) is 10.8. The fourth-order valence-electron chi connectivity index (χ4n) is 2.36. The van der Waals surface area contributed by atoms with Crippen LogP contribution in [-0.2, 0) is 10.0 Å². The van der Waals surface area contributed by atoms with Crippen LogP contribution in [0.15, 0.2) is 15.7 Å². The molecule has 1 aromatic rings. The smallest absolute Gasteiger partial charge is 0.336 e. The average molecular weight is 317 g/mol. The zero-order valence-electron chi connectivity index (χ0n) is 11.5. The van der Waals surface area contributed by atoms with Crippen LogP contribution in [0.25, 0.3) is 0 Å². The predicted molar refractivity (Wildman–Crippen MR) is 77.6 cm³/mol.